The molecule has 1 aromatic rings. The van der Waals surface area contributed by atoms with Crippen LogP contribution in [0.15, 0.2) is 18.2 Å². The number of nitrogens with zero attached hydrogens (tertiary/aromatic N) is 1. The fourth-order valence-electron chi connectivity index (χ4n) is 1.62. The molecule has 1 atom stereocenters. The first-order chi connectivity index (χ1) is 7.16. The minimum absolute atomic E-state index is 0.291. The Kier molecular flexibility index (Phi) is 2.68. The van der Waals surface area contributed by atoms with Crippen molar-refractivity contribution in [2.24, 2.45) is 0 Å². The van der Waals surface area contributed by atoms with Gasteiger partial charge in [0, 0.05) is 25.3 Å². The van der Waals surface area contributed by atoms with Gasteiger partial charge >= 0.3 is 0 Å². The zero-order chi connectivity index (χ0) is 10.8. The maximum atomic E-state index is 9.28. The van der Waals surface area contributed by atoms with Gasteiger partial charge < -0.3 is 19.5 Å². The number of hydrogen-bond donors (Lipinski definition) is 1. The quantitative estimate of drug-likeness (QED) is 0.813. The molecule has 1 unspecified atom stereocenters. The SMILES string of the molecule is CC(O)CN(C)c1ccc2c(c1)OCO2. The highest BCUT2D eigenvalue weighted by Crippen LogP contribution is 2.35. The van der Waals surface area contributed by atoms with Crippen LogP contribution in [0.1, 0.15) is 6.92 Å². The minimum Gasteiger partial charge on any atom is -0.454 e. The molecule has 0 bridgehead atoms. The lowest BCUT2D eigenvalue weighted by Crippen LogP contribution is -2.26. The van der Waals surface area contributed by atoms with E-state index < -0.39 is 0 Å². The predicted molar refractivity (Wildman–Crippen MR) is 57.5 cm³/mol. The molecule has 0 aromatic heterocycles. The summed E-state index contributed by atoms with van der Waals surface area (Å²) in [7, 11) is 1.93. The smallest absolute Gasteiger partial charge is 0.231 e. The first-order valence-electron chi connectivity index (χ1n) is 4.95. The molecule has 1 N–H and O–H groups in total. The molecule has 2 rings (SSSR count). The number of aliphatic hydroxyl groups is 1. The number of anilines is 1. The predicted octanol–water partition coefficient (Wildman–Crippen LogP) is 1.23. The lowest BCUT2D eigenvalue weighted by Gasteiger charge is -2.20. The van der Waals surface area contributed by atoms with E-state index in [1.54, 1.807) is 6.92 Å². The molecule has 15 heavy (non-hydrogen) atoms. The highest BCUT2D eigenvalue weighted by Gasteiger charge is 2.14. The molecule has 0 spiro atoms. The van der Waals surface area contributed by atoms with Gasteiger partial charge in [-0.05, 0) is 19.1 Å². The Morgan fingerprint density at radius 1 is 1.40 bits per heavy atom. The number of ether oxygens (including phenoxy) is 2. The van der Waals surface area contributed by atoms with Crippen LogP contribution in [0, 0.1) is 0 Å². The van der Waals surface area contributed by atoms with Gasteiger partial charge in [0.25, 0.3) is 0 Å². The highest BCUT2D eigenvalue weighted by atomic mass is 16.7. The van der Waals surface area contributed by atoms with Gasteiger partial charge in [-0.15, -0.1) is 0 Å². The molecule has 82 valence electrons. The largest absolute Gasteiger partial charge is 0.454 e. The highest BCUT2D eigenvalue weighted by molar-refractivity contribution is 5.56. The van der Waals surface area contributed by atoms with Crippen molar-refractivity contribution in [3.63, 3.8) is 0 Å². The second-order valence-electron chi connectivity index (χ2n) is 3.77. The number of likely N-dealkylation sites (N-methyl/N-ethyl adjacent to an activating group) is 1. The van der Waals surface area contributed by atoms with Crippen molar-refractivity contribution in [2.75, 3.05) is 25.3 Å². The molecule has 1 aliphatic heterocycles. The number of benzene rings is 1. The summed E-state index contributed by atoms with van der Waals surface area (Å²) in [6.07, 6.45) is -0.347. The first-order valence-corrected chi connectivity index (χ1v) is 4.95. The van der Waals surface area contributed by atoms with Gasteiger partial charge in [-0.3, -0.25) is 0 Å². The van der Waals surface area contributed by atoms with E-state index in [1.165, 1.54) is 0 Å². The molecule has 1 aromatic carbocycles. The van der Waals surface area contributed by atoms with E-state index in [9.17, 15) is 5.11 Å². The molecule has 1 aliphatic rings. The Morgan fingerprint density at radius 2 is 2.13 bits per heavy atom. The molecule has 0 aliphatic carbocycles. The van der Waals surface area contributed by atoms with E-state index in [0.717, 1.165) is 17.2 Å². The van der Waals surface area contributed by atoms with Crippen LogP contribution < -0.4 is 14.4 Å². The lowest BCUT2D eigenvalue weighted by atomic mass is 10.2. The topological polar surface area (TPSA) is 41.9 Å². The Morgan fingerprint density at radius 3 is 2.87 bits per heavy atom. The zero-order valence-electron chi connectivity index (χ0n) is 8.93. The van der Waals surface area contributed by atoms with E-state index in [0.29, 0.717) is 13.3 Å². The van der Waals surface area contributed by atoms with Gasteiger partial charge in [-0.1, -0.05) is 0 Å². The molecule has 4 nitrogen and oxygen atoms in total. The Hall–Kier alpha value is -1.42. The molecule has 0 saturated carbocycles. The van der Waals surface area contributed by atoms with Crippen molar-refractivity contribution in [3.8, 4) is 11.5 Å². The summed E-state index contributed by atoms with van der Waals surface area (Å²) in [6, 6.07) is 5.76. The summed E-state index contributed by atoms with van der Waals surface area (Å²) < 4.78 is 10.5. The molecular weight excluding hydrogens is 194 g/mol. The van der Waals surface area contributed by atoms with E-state index >= 15 is 0 Å². The van der Waals surface area contributed by atoms with Crippen LogP contribution in [0.5, 0.6) is 11.5 Å². The Balaban J connectivity index is 2.15. The van der Waals surface area contributed by atoms with Gasteiger partial charge in [0.15, 0.2) is 11.5 Å². The van der Waals surface area contributed by atoms with Crippen LogP contribution in [0.25, 0.3) is 0 Å². The molecular formula is C11H15NO3. The fraction of sp³-hybridized carbons (Fsp3) is 0.455. The molecule has 4 heteroatoms. The number of hydrogen-bond acceptors (Lipinski definition) is 4. The average molecular weight is 209 g/mol. The maximum absolute atomic E-state index is 9.28. The number of rotatable bonds is 3. The zero-order valence-corrected chi connectivity index (χ0v) is 8.93. The third-order valence-electron chi connectivity index (χ3n) is 2.34. The summed E-state index contributed by atoms with van der Waals surface area (Å²) in [6.45, 7) is 2.65. The van der Waals surface area contributed by atoms with Crippen molar-refractivity contribution >= 4 is 5.69 Å². The van der Waals surface area contributed by atoms with E-state index in [2.05, 4.69) is 0 Å². The van der Waals surface area contributed by atoms with Gasteiger partial charge in [-0.2, -0.15) is 0 Å². The van der Waals surface area contributed by atoms with Crippen LogP contribution in [0.2, 0.25) is 0 Å². The first kappa shape index (κ1) is 10.1. The van der Waals surface area contributed by atoms with Crippen LogP contribution in [-0.2, 0) is 0 Å². The van der Waals surface area contributed by atoms with Crippen molar-refractivity contribution in [3.05, 3.63) is 18.2 Å². The molecule has 0 radical (unpaired) electrons. The second kappa shape index (κ2) is 3.98. The second-order valence-corrected chi connectivity index (χ2v) is 3.77. The Labute approximate surface area is 89.0 Å². The number of aliphatic hydroxyl groups excluding tert-OH is 1. The normalized spacial score (nSPS) is 15.1. The summed E-state index contributed by atoms with van der Waals surface area (Å²) in [5, 5.41) is 9.28. The van der Waals surface area contributed by atoms with Crippen molar-refractivity contribution in [2.45, 2.75) is 13.0 Å². The van der Waals surface area contributed by atoms with Crippen molar-refractivity contribution in [1.82, 2.24) is 0 Å². The van der Waals surface area contributed by atoms with Crippen molar-refractivity contribution in [1.29, 1.82) is 0 Å². The third-order valence-corrected chi connectivity index (χ3v) is 2.34. The maximum Gasteiger partial charge on any atom is 0.231 e. The third kappa shape index (κ3) is 2.15. The summed E-state index contributed by atoms with van der Waals surface area (Å²) in [5.41, 5.74) is 1.01. The lowest BCUT2D eigenvalue weighted by molar-refractivity contribution is 0.174. The standard InChI is InChI=1S/C11H15NO3/c1-8(13)6-12(2)9-3-4-10-11(5-9)15-7-14-10/h3-5,8,13H,6-7H2,1-2H3. The Bertz CT molecular complexity index is 352. The summed E-state index contributed by atoms with van der Waals surface area (Å²) in [5.74, 6) is 1.55. The summed E-state index contributed by atoms with van der Waals surface area (Å²) in [4.78, 5) is 1.98. The van der Waals surface area contributed by atoms with Crippen LogP contribution in [0.4, 0.5) is 5.69 Å². The van der Waals surface area contributed by atoms with Gasteiger partial charge in [0.2, 0.25) is 6.79 Å². The van der Waals surface area contributed by atoms with Gasteiger partial charge in [-0.25, -0.2) is 0 Å². The fourth-order valence-corrected chi connectivity index (χ4v) is 1.62. The van der Waals surface area contributed by atoms with Gasteiger partial charge in [0.05, 0.1) is 6.10 Å². The van der Waals surface area contributed by atoms with E-state index in [-0.39, 0.29) is 6.10 Å². The van der Waals surface area contributed by atoms with Crippen molar-refractivity contribution < 1.29 is 14.6 Å². The van der Waals surface area contributed by atoms with Gasteiger partial charge in [0.1, 0.15) is 0 Å². The average Bonchev–Trinajstić information content (AvgIpc) is 2.62. The summed E-state index contributed by atoms with van der Waals surface area (Å²) >= 11 is 0. The molecule has 0 amide bonds. The minimum atomic E-state index is -0.347. The molecule has 0 saturated heterocycles. The van der Waals surface area contributed by atoms with Crippen LogP contribution >= 0.6 is 0 Å². The monoisotopic (exact) mass is 209 g/mol. The van der Waals surface area contributed by atoms with E-state index in [1.807, 2.05) is 30.1 Å². The molecule has 0 fully saturated rings. The van der Waals surface area contributed by atoms with E-state index in [4.69, 9.17) is 9.47 Å². The number of fused-ring (bicyclic) bond motifs is 1. The van der Waals surface area contributed by atoms with Crippen LogP contribution in [0.3, 0.4) is 0 Å². The molecule has 1 heterocycles. The van der Waals surface area contributed by atoms with Crippen LogP contribution in [-0.4, -0.2) is 31.6 Å².